The summed E-state index contributed by atoms with van der Waals surface area (Å²) in [6, 6.07) is 16.3. The van der Waals surface area contributed by atoms with E-state index < -0.39 is 9.84 Å². The summed E-state index contributed by atoms with van der Waals surface area (Å²) in [6.45, 7) is 2.15. The summed E-state index contributed by atoms with van der Waals surface area (Å²) < 4.78 is 31.3. The fourth-order valence-corrected chi connectivity index (χ4v) is 6.27. The van der Waals surface area contributed by atoms with Crippen molar-refractivity contribution in [1.82, 2.24) is 4.98 Å². The average molecular weight is 503 g/mol. The summed E-state index contributed by atoms with van der Waals surface area (Å²) in [4.78, 5) is 19.4. The predicted molar refractivity (Wildman–Crippen MR) is 132 cm³/mol. The highest BCUT2D eigenvalue weighted by Crippen LogP contribution is 2.36. The number of aromatic nitrogens is 1. The molecule has 0 aliphatic heterocycles. The Labute approximate surface area is 201 Å². The van der Waals surface area contributed by atoms with Crippen molar-refractivity contribution >= 4 is 54.0 Å². The summed E-state index contributed by atoms with van der Waals surface area (Å²) in [5.74, 6) is 0.303. The first-order valence-electron chi connectivity index (χ1n) is 10.4. The number of amides is 1. The molecule has 172 valence electrons. The van der Waals surface area contributed by atoms with Crippen LogP contribution < -0.4 is 4.90 Å². The lowest BCUT2D eigenvalue weighted by molar-refractivity contribution is -0.118. The second-order valence-electron chi connectivity index (χ2n) is 7.78. The molecule has 2 heterocycles. The Balaban J connectivity index is 1.50. The van der Waals surface area contributed by atoms with Crippen LogP contribution >= 0.6 is 22.9 Å². The third-order valence-electron chi connectivity index (χ3n) is 5.19. The van der Waals surface area contributed by atoms with Crippen LogP contribution in [0.25, 0.3) is 10.2 Å². The van der Waals surface area contributed by atoms with Gasteiger partial charge in [0.25, 0.3) is 0 Å². The maximum absolute atomic E-state index is 13.2. The highest BCUT2D eigenvalue weighted by molar-refractivity contribution is 7.90. The zero-order chi connectivity index (χ0) is 23.4. The molecule has 0 N–H and O–H groups in total. The Morgan fingerprint density at radius 1 is 1.12 bits per heavy atom. The van der Waals surface area contributed by atoms with Crippen LogP contribution in [-0.4, -0.2) is 25.1 Å². The van der Waals surface area contributed by atoms with E-state index in [9.17, 15) is 13.2 Å². The minimum absolute atomic E-state index is 0.0339. The first kappa shape index (κ1) is 23.5. The van der Waals surface area contributed by atoms with Gasteiger partial charge < -0.3 is 4.42 Å². The van der Waals surface area contributed by atoms with E-state index in [-0.39, 0.29) is 36.8 Å². The molecule has 2 aromatic heterocycles. The molecule has 9 heteroatoms. The fraction of sp³-hybridized carbons (Fsp3) is 0.250. The highest BCUT2D eigenvalue weighted by Gasteiger charge is 2.23. The molecular weight excluding hydrogens is 480 g/mol. The fourth-order valence-electron chi connectivity index (χ4n) is 3.51. The van der Waals surface area contributed by atoms with Gasteiger partial charge in [0.05, 0.1) is 39.6 Å². The molecular formula is C24H23ClN2O4S2. The molecule has 4 rings (SSSR count). The number of nitrogens with zero attached hydrogens (tertiary/aromatic N) is 2. The smallest absolute Gasteiger partial charge is 0.229 e. The Hall–Kier alpha value is -2.68. The standard InChI is InChI=1S/C24H23ClN2O4S2/c1-17-11-12-20(25)23-22(17)26-24(32-23)27(15-19-9-5-13-31-19)21(28)10-6-14-33(29,30)16-18-7-3-2-4-8-18/h2-5,7-9,11-13H,6,10,14-16H2,1H3. The van der Waals surface area contributed by atoms with E-state index in [1.54, 1.807) is 35.4 Å². The summed E-state index contributed by atoms with van der Waals surface area (Å²) in [5, 5.41) is 1.09. The van der Waals surface area contributed by atoms with Crippen LogP contribution in [-0.2, 0) is 26.9 Å². The van der Waals surface area contributed by atoms with Crippen LogP contribution in [0.5, 0.6) is 0 Å². The number of halogens is 1. The average Bonchev–Trinajstić information content (AvgIpc) is 3.45. The topological polar surface area (TPSA) is 80.5 Å². The van der Waals surface area contributed by atoms with E-state index in [1.165, 1.54) is 11.3 Å². The lowest BCUT2D eigenvalue weighted by Crippen LogP contribution is -2.30. The van der Waals surface area contributed by atoms with E-state index in [0.717, 1.165) is 21.3 Å². The molecule has 4 aromatic rings. The molecule has 33 heavy (non-hydrogen) atoms. The zero-order valence-corrected chi connectivity index (χ0v) is 20.4. The molecule has 0 fully saturated rings. The lowest BCUT2D eigenvalue weighted by Gasteiger charge is -2.18. The van der Waals surface area contributed by atoms with Crippen molar-refractivity contribution in [2.24, 2.45) is 0 Å². The van der Waals surface area contributed by atoms with Crippen molar-refractivity contribution in [3.05, 3.63) is 82.8 Å². The van der Waals surface area contributed by atoms with Gasteiger partial charge in [-0.25, -0.2) is 13.4 Å². The van der Waals surface area contributed by atoms with Crippen molar-refractivity contribution in [3.63, 3.8) is 0 Å². The van der Waals surface area contributed by atoms with Crippen LogP contribution in [0.3, 0.4) is 0 Å². The molecule has 2 aromatic carbocycles. The van der Waals surface area contributed by atoms with Gasteiger partial charge in [0.1, 0.15) is 5.76 Å². The van der Waals surface area contributed by atoms with E-state index in [2.05, 4.69) is 4.98 Å². The number of fused-ring (bicyclic) bond motifs is 1. The normalized spacial score (nSPS) is 11.7. The number of furan rings is 1. The third-order valence-corrected chi connectivity index (χ3v) is 8.41. The largest absolute Gasteiger partial charge is 0.467 e. The van der Waals surface area contributed by atoms with E-state index in [0.29, 0.717) is 15.9 Å². The van der Waals surface area contributed by atoms with Crippen LogP contribution in [0.4, 0.5) is 5.13 Å². The van der Waals surface area contributed by atoms with Gasteiger partial charge >= 0.3 is 0 Å². The van der Waals surface area contributed by atoms with Gasteiger partial charge in [-0.05, 0) is 42.7 Å². The first-order chi connectivity index (χ1) is 15.8. The van der Waals surface area contributed by atoms with Crippen LogP contribution in [0, 0.1) is 6.92 Å². The minimum Gasteiger partial charge on any atom is -0.467 e. The molecule has 0 bridgehead atoms. The van der Waals surface area contributed by atoms with E-state index >= 15 is 0 Å². The van der Waals surface area contributed by atoms with Gasteiger partial charge in [0.15, 0.2) is 15.0 Å². The van der Waals surface area contributed by atoms with Crippen molar-refractivity contribution in [1.29, 1.82) is 0 Å². The maximum atomic E-state index is 13.2. The number of hydrogen-bond acceptors (Lipinski definition) is 6. The second-order valence-corrected chi connectivity index (χ2v) is 11.3. The quantitative estimate of drug-likeness (QED) is 0.290. The zero-order valence-electron chi connectivity index (χ0n) is 18.0. The number of hydrogen-bond donors (Lipinski definition) is 0. The number of thiazole rings is 1. The number of rotatable bonds is 9. The molecule has 0 atom stereocenters. The van der Waals surface area contributed by atoms with Gasteiger partial charge in [-0.2, -0.15) is 0 Å². The monoisotopic (exact) mass is 502 g/mol. The minimum atomic E-state index is -3.32. The lowest BCUT2D eigenvalue weighted by atomic mass is 10.2. The molecule has 0 saturated carbocycles. The van der Waals surface area contributed by atoms with E-state index in [1.807, 2.05) is 37.3 Å². The van der Waals surface area contributed by atoms with Gasteiger partial charge in [0, 0.05) is 6.42 Å². The molecule has 0 aliphatic carbocycles. The summed E-state index contributed by atoms with van der Waals surface area (Å²) in [7, 11) is -3.32. The predicted octanol–water partition coefficient (Wildman–Crippen LogP) is 5.78. The number of carbonyl (C=O) groups excluding carboxylic acids is 1. The van der Waals surface area contributed by atoms with Crippen molar-refractivity contribution in [2.75, 3.05) is 10.7 Å². The molecule has 1 amide bonds. The van der Waals surface area contributed by atoms with Crippen LogP contribution in [0.15, 0.2) is 65.3 Å². The molecule has 0 radical (unpaired) electrons. The van der Waals surface area contributed by atoms with Gasteiger partial charge in [-0.3, -0.25) is 9.69 Å². The summed E-state index contributed by atoms with van der Waals surface area (Å²) in [6.07, 6.45) is 1.86. The Morgan fingerprint density at radius 2 is 1.91 bits per heavy atom. The first-order valence-corrected chi connectivity index (χ1v) is 13.5. The van der Waals surface area contributed by atoms with Gasteiger partial charge in [0.2, 0.25) is 5.91 Å². The molecule has 0 unspecified atom stereocenters. The molecule has 0 spiro atoms. The second kappa shape index (κ2) is 10.1. The Bertz CT molecular complexity index is 1310. The maximum Gasteiger partial charge on any atom is 0.229 e. The Kier molecular flexibility index (Phi) is 7.17. The molecule has 0 aliphatic rings. The summed E-state index contributed by atoms with van der Waals surface area (Å²) >= 11 is 7.69. The van der Waals surface area contributed by atoms with Gasteiger partial charge in [-0.1, -0.05) is 59.3 Å². The number of aryl methyl sites for hydroxylation is 1. The number of sulfone groups is 1. The van der Waals surface area contributed by atoms with Crippen molar-refractivity contribution in [2.45, 2.75) is 32.1 Å². The summed E-state index contributed by atoms with van der Waals surface area (Å²) in [5.41, 5.74) is 2.46. The van der Waals surface area contributed by atoms with Gasteiger partial charge in [-0.15, -0.1) is 0 Å². The number of anilines is 1. The van der Waals surface area contributed by atoms with Crippen molar-refractivity contribution < 1.29 is 17.6 Å². The SMILES string of the molecule is Cc1ccc(Cl)c2sc(N(Cc3ccco3)C(=O)CCCS(=O)(=O)Cc3ccccc3)nc12. The van der Waals surface area contributed by atoms with Crippen LogP contribution in [0.2, 0.25) is 5.02 Å². The number of benzene rings is 2. The Morgan fingerprint density at radius 3 is 2.61 bits per heavy atom. The molecule has 0 saturated heterocycles. The number of carbonyl (C=O) groups is 1. The van der Waals surface area contributed by atoms with Crippen LogP contribution in [0.1, 0.15) is 29.7 Å². The van der Waals surface area contributed by atoms with E-state index in [4.69, 9.17) is 16.0 Å². The van der Waals surface area contributed by atoms with Crippen molar-refractivity contribution in [3.8, 4) is 0 Å². The molecule has 6 nitrogen and oxygen atoms in total. The highest BCUT2D eigenvalue weighted by atomic mass is 35.5. The third kappa shape index (κ3) is 5.82.